The van der Waals surface area contributed by atoms with E-state index in [0.29, 0.717) is 34.8 Å². The van der Waals surface area contributed by atoms with Gasteiger partial charge < -0.3 is 19.7 Å². The van der Waals surface area contributed by atoms with Crippen LogP contribution in [0.2, 0.25) is 5.02 Å². The number of nitrogens with one attached hydrogen (secondary N) is 1. The van der Waals surface area contributed by atoms with E-state index in [-0.39, 0.29) is 5.91 Å². The maximum atomic E-state index is 13.0. The molecule has 3 aromatic rings. The van der Waals surface area contributed by atoms with Crippen LogP contribution in [0.1, 0.15) is 12.5 Å². The predicted octanol–water partition coefficient (Wildman–Crippen LogP) is 4.19. The van der Waals surface area contributed by atoms with Crippen LogP contribution in [0.5, 0.6) is 5.75 Å². The maximum Gasteiger partial charge on any atom is 0.237 e. The zero-order valence-corrected chi connectivity index (χ0v) is 20.3. The fraction of sp³-hybridized carbons (Fsp3) is 0.348. The lowest BCUT2D eigenvalue weighted by molar-refractivity contribution is -0.115. The van der Waals surface area contributed by atoms with Crippen molar-refractivity contribution in [2.45, 2.75) is 24.3 Å². The summed E-state index contributed by atoms with van der Waals surface area (Å²) in [5, 5.41) is 12.5. The topological polar surface area (TPSA) is 81.5 Å². The first-order valence-corrected chi connectivity index (χ1v) is 11.9. The molecule has 1 aliphatic heterocycles. The van der Waals surface area contributed by atoms with E-state index >= 15 is 0 Å². The van der Waals surface area contributed by atoms with Gasteiger partial charge in [-0.1, -0.05) is 41.1 Å². The second-order valence-corrected chi connectivity index (χ2v) is 9.39. The van der Waals surface area contributed by atoms with Crippen molar-refractivity contribution < 1.29 is 14.3 Å². The van der Waals surface area contributed by atoms with Crippen molar-refractivity contribution in [3.05, 3.63) is 53.1 Å². The fourth-order valence-electron chi connectivity index (χ4n) is 3.45. The number of thioether (sulfide) groups is 1. The van der Waals surface area contributed by atoms with Crippen LogP contribution in [-0.2, 0) is 9.53 Å². The number of morpholine rings is 1. The Hall–Kier alpha value is -2.75. The number of methoxy groups -OCH3 is 1. The third kappa shape index (κ3) is 5.43. The lowest BCUT2D eigenvalue weighted by Gasteiger charge is -2.28. The number of halogens is 1. The van der Waals surface area contributed by atoms with Crippen molar-refractivity contribution in [2.75, 3.05) is 43.6 Å². The number of nitrogens with zero attached hydrogens (tertiary/aromatic N) is 4. The third-order valence-corrected chi connectivity index (χ3v) is 6.55. The van der Waals surface area contributed by atoms with Gasteiger partial charge in [0.05, 0.1) is 36.9 Å². The van der Waals surface area contributed by atoms with Crippen molar-refractivity contribution in [2.24, 2.45) is 0 Å². The summed E-state index contributed by atoms with van der Waals surface area (Å²) in [6, 6.07) is 13.3. The molecule has 0 bridgehead atoms. The smallest absolute Gasteiger partial charge is 0.237 e. The summed E-state index contributed by atoms with van der Waals surface area (Å²) in [6.45, 7) is 6.64. The largest absolute Gasteiger partial charge is 0.495 e. The van der Waals surface area contributed by atoms with Gasteiger partial charge in [0, 0.05) is 18.1 Å². The number of hydrogen-bond donors (Lipinski definition) is 1. The summed E-state index contributed by atoms with van der Waals surface area (Å²) in [4.78, 5) is 15.1. The summed E-state index contributed by atoms with van der Waals surface area (Å²) >= 11 is 7.44. The molecule has 10 heteroatoms. The molecular formula is C23H26ClN5O3S. The average Bonchev–Trinajstić information content (AvgIpc) is 3.23. The molecule has 174 valence electrons. The molecule has 33 heavy (non-hydrogen) atoms. The molecule has 0 spiro atoms. The van der Waals surface area contributed by atoms with Gasteiger partial charge in [-0.15, -0.1) is 10.2 Å². The lowest BCUT2D eigenvalue weighted by Crippen LogP contribution is -2.38. The first kappa shape index (κ1) is 23.4. The second-order valence-electron chi connectivity index (χ2n) is 7.65. The molecule has 1 aromatic heterocycles. The van der Waals surface area contributed by atoms with Crippen LogP contribution in [0, 0.1) is 6.92 Å². The van der Waals surface area contributed by atoms with Crippen molar-refractivity contribution in [1.29, 1.82) is 0 Å². The Morgan fingerprint density at radius 2 is 1.91 bits per heavy atom. The number of aryl methyl sites for hydroxylation is 1. The van der Waals surface area contributed by atoms with Gasteiger partial charge in [-0.2, -0.15) is 0 Å². The van der Waals surface area contributed by atoms with E-state index in [4.69, 9.17) is 21.1 Å². The Balaban J connectivity index is 1.59. The molecule has 0 aliphatic carbocycles. The molecule has 1 N–H and O–H groups in total. The Bertz CT molecular complexity index is 1120. The van der Waals surface area contributed by atoms with E-state index in [1.165, 1.54) is 11.8 Å². The highest BCUT2D eigenvalue weighted by molar-refractivity contribution is 8.00. The SMILES string of the molecule is COc1ccc(Cl)cc1NC(=O)C(C)Sc1nnc(N2CCOCC2)n1-c1ccc(C)cc1. The zero-order valence-electron chi connectivity index (χ0n) is 18.7. The van der Waals surface area contributed by atoms with Crippen LogP contribution >= 0.6 is 23.4 Å². The normalized spacial score (nSPS) is 14.7. The van der Waals surface area contributed by atoms with Gasteiger partial charge in [-0.05, 0) is 44.2 Å². The van der Waals surface area contributed by atoms with Crippen LogP contribution in [0.3, 0.4) is 0 Å². The zero-order chi connectivity index (χ0) is 23.4. The quantitative estimate of drug-likeness (QED) is 0.500. The first-order chi connectivity index (χ1) is 16.0. The fourth-order valence-corrected chi connectivity index (χ4v) is 4.49. The van der Waals surface area contributed by atoms with Crippen LogP contribution in [0.25, 0.3) is 5.69 Å². The minimum absolute atomic E-state index is 0.188. The number of ether oxygens (including phenoxy) is 2. The van der Waals surface area contributed by atoms with Gasteiger partial charge in [0.15, 0.2) is 5.16 Å². The highest BCUT2D eigenvalue weighted by Crippen LogP contribution is 2.32. The van der Waals surface area contributed by atoms with E-state index in [1.54, 1.807) is 25.3 Å². The van der Waals surface area contributed by atoms with Crippen LogP contribution < -0.4 is 15.0 Å². The summed E-state index contributed by atoms with van der Waals surface area (Å²) in [5.74, 6) is 1.10. The molecule has 4 rings (SSSR count). The second kappa shape index (κ2) is 10.5. The van der Waals surface area contributed by atoms with E-state index in [0.717, 1.165) is 30.3 Å². The number of aromatic nitrogens is 3. The number of carbonyl (C=O) groups is 1. The van der Waals surface area contributed by atoms with Crippen molar-refractivity contribution >= 4 is 40.9 Å². The van der Waals surface area contributed by atoms with Gasteiger partial charge in [0.2, 0.25) is 11.9 Å². The predicted molar refractivity (Wildman–Crippen MR) is 131 cm³/mol. The molecular weight excluding hydrogens is 462 g/mol. The Morgan fingerprint density at radius 1 is 1.18 bits per heavy atom. The van der Waals surface area contributed by atoms with Crippen LogP contribution in [0.4, 0.5) is 11.6 Å². The monoisotopic (exact) mass is 487 g/mol. The Kier molecular flexibility index (Phi) is 7.42. The van der Waals surface area contributed by atoms with Gasteiger partial charge >= 0.3 is 0 Å². The maximum absolute atomic E-state index is 13.0. The molecule has 1 fully saturated rings. The minimum Gasteiger partial charge on any atom is -0.495 e. The number of benzene rings is 2. The number of anilines is 2. The lowest BCUT2D eigenvalue weighted by atomic mass is 10.2. The first-order valence-electron chi connectivity index (χ1n) is 10.6. The summed E-state index contributed by atoms with van der Waals surface area (Å²) < 4.78 is 12.8. The van der Waals surface area contributed by atoms with Crippen LogP contribution in [-0.4, -0.2) is 59.3 Å². The van der Waals surface area contributed by atoms with E-state index < -0.39 is 5.25 Å². The van der Waals surface area contributed by atoms with Crippen molar-refractivity contribution in [3.8, 4) is 11.4 Å². The van der Waals surface area contributed by atoms with Crippen LogP contribution in [0.15, 0.2) is 47.6 Å². The van der Waals surface area contributed by atoms with E-state index in [2.05, 4.69) is 32.5 Å². The molecule has 0 radical (unpaired) electrons. The average molecular weight is 488 g/mol. The van der Waals surface area contributed by atoms with E-state index in [9.17, 15) is 4.79 Å². The van der Waals surface area contributed by atoms with Gasteiger partial charge in [0.25, 0.3) is 0 Å². The van der Waals surface area contributed by atoms with Gasteiger partial charge in [-0.25, -0.2) is 0 Å². The molecule has 1 saturated heterocycles. The Morgan fingerprint density at radius 3 is 2.61 bits per heavy atom. The highest BCUT2D eigenvalue weighted by Gasteiger charge is 2.25. The number of carbonyl (C=O) groups excluding carboxylic acids is 1. The summed E-state index contributed by atoms with van der Waals surface area (Å²) in [7, 11) is 1.55. The van der Waals surface area contributed by atoms with Crippen molar-refractivity contribution in [3.63, 3.8) is 0 Å². The summed E-state index contributed by atoms with van der Waals surface area (Å²) in [6.07, 6.45) is 0. The Labute approximate surface area is 202 Å². The molecule has 1 aliphatic rings. The third-order valence-electron chi connectivity index (χ3n) is 5.27. The molecule has 2 heterocycles. The highest BCUT2D eigenvalue weighted by atomic mass is 35.5. The molecule has 0 saturated carbocycles. The van der Waals surface area contributed by atoms with E-state index in [1.807, 2.05) is 30.5 Å². The molecule has 8 nitrogen and oxygen atoms in total. The van der Waals surface area contributed by atoms with Gasteiger partial charge in [-0.3, -0.25) is 9.36 Å². The number of amides is 1. The molecule has 1 amide bonds. The summed E-state index contributed by atoms with van der Waals surface area (Å²) in [5.41, 5.74) is 2.63. The molecule has 1 unspecified atom stereocenters. The number of rotatable bonds is 7. The minimum atomic E-state index is -0.445. The number of hydrogen-bond acceptors (Lipinski definition) is 7. The van der Waals surface area contributed by atoms with Crippen molar-refractivity contribution in [1.82, 2.24) is 14.8 Å². The standard InChI is InChI=1S/C23H26ClN5O3S/c1-15-4-7-18(8-5-15)29-22(28-10-12-32-13-11-28)26-27-23(29)33-16(2)21(30)25-19-14-17(24)6-9-20(19)31-3/h4-9,14,16H,10-13H2,1-3H3,(H,25,30). The van der Waals surface area contributed by atoms with Gasteiger partial charge in [0.1, 0.15) is 5.75 Å². The molecule has 1 atom stereocenters. The molecule has 2 aromatic carbocycles.